The van der Waals surface area contributed by atoms with E-state index in [-0.39, 0.29) is 232 Å². The number of nitrogens with one attached hydrogen (secondary N) is 3. The van der Waals surface area contributed by atoms with Crippen molar-refractivity contribution in [2.45, 2.75) is 92.0 Å². The third-order valence-corrected chi connectivity index (χ3v) is 19.3. The topological polar surface area (TPSA) is 407 Å². The maximum Gasteiger partial charge on any atom is 1.00 e. The summed E-state index contributed by atoms with van der Waals surface area (Å²) in [7, 11) is -0.109. The van der Waals surface area contributed by atoms with Crippen molar-refractivity contribution in [3.05, 3.63) is 245 Å². The minimum Gasteiger partial charge on any atom is -1.00 e. The number of hydroxylamine groups is 1. The number of fused-ring (bicyclic) bond motifs is 2. The third kappa shape index (κ3) is 34.0. The summed E-state index contributed by atoms with van der Waals surface area (Å²) in [6, 6.07) is 29.5. The zero-order valence-electron chi connectivity index (χ0n) is 56.4. The van der Waals surface area contributed by atoms with Crippen LogP contribution in [0.2, 0.25) is 0 Å². The molecule has 0 fully saturated rings. The van der Waals surface area contributed by atoms with Gasteiger partial charge in [0.2, 0.25) is 17.3 Å². The molecule has 6 heterocycles. The molecule has 0 radical (unpaired) electrons. The number of methoxy groups -OCH3 is 2. The van der Waals surface area contributed by atoms with E-state index in [1.807, 2.05) is 47.4 Å². The molecule has 0 spiro atoms. The van der Waals surface area contributed by atoms with E-state index in [0.717, 1.165) is 45.5 Å². The third-order valence-electron chi connectivity index (χ3n) is 12.8. The fourth-order valence-electron chi connectivity index (χ4n) is 8.26. The number of carbonyl (C=O) groups is 2. The van der Waals surface area contributed by atoms with Gasteiger partial charge < -0.3 is 46.0 Å². The van der Waals surface area contributed by atoms with E-state index in [1.165, 1.54) is 75.2 Å². The van der Waals surface area contributed by atoms with Gasteiger partial charge in [0.25, 0.3) is 25.5 Å². The van der Waals surface area contributed by atoms with E-state index < -0.39 is 49.8 Å². The summed E-state index contributed by atoms with van der Waals surface area (Å²) in [4.78, 5) is 26.5. The van der Waals surface area contributed by atoms with E-state index in [4.69, 9.17) is 68.4 Å². The first-order valence-corrected chi connectivity index (χ1v) is 36.5. The molecule has 0 aliphatic heterocycles. The number of benzene rings is 6. The van der Waals surface area contributed by atoms with Crippen LogP contribution in [-0.2, 0) is 71.7 Å². The van der Waals surface area contributed by atoms with Crippen LogP contribution in [0.1, 0.15) is 78.9 Å². The van der Waals surface area contributed by atoms with Gasteiger partial charge in [-0.25, -0.2) is 40.8 Å². The van der Waals surface area contributed by atoms with Gasteiger partial charge in [0, 0.05) is 102 Å². The Morgan fingerprint density at radius 2 is 1.06 bits per heavy atom. The van der Waals surface area contributed by atoms with Crippen molar-refractivity contribution in [2.75, 3.05) is 24.7 Å². The molecule has 0 aliphatic carbocycles. The second kappa shape index (κ2) is 56.0. The molecule has 0 unspecified atom stereocenters. The quantitative estimate of drug-likeness (QED) is 0.00899. The van der Waals surface area contributed by atoms with E-state index >= 15 is 0 Å². The summed E-state index contributed by atoms with van der Waals surface area (Å²) < 4.78 is 106. The van der Waals surface area contributed by atoms with Gasteiger partial charge >= 0.3 is 138 Å². The van der Waals surface area contributed by atoms with Gasteiger partial charge in [0.1, 0.15) is 32.9 Å². The van der Waals surface area contributed by atoms with Gasteiger partial charge in [0.05, 0.1) is 71.0 Å². The molecule has 0 aliphatic rings. The molecule has 0 bridgehead atoms. The maximum absolute atomic E-state index is 13.4. The summed E-state index contributed by atoms with van der Waals surface area (Å²) >= 11 is 16.8. The number of H-pyrrole nitrogens is 1. The molecule has 110 heavy (non-hydrogen) atoms. The Labute approximate surface area is 800 Å². The van der Waals surface area contributed by atoms with Gasteiger partial charge in [0.15, 0.2) is 22.8 Å². The van der Waals surface area contributed by atoms with Crippen LogP contribution < -0.4 is 168 Å². The number of aromatic amines is 1. The number of aliphatic hydroxyl groups excluding tert-OH is 2. The van der Waals surface area contributed by atoms with Crippen molar-refractivity contribution in [1.82, 2.24) is 55.3 Å². The number of nitrogen functional groups attached to an aromatic ring is 1. The minimum absolute atomic E-state index is 0. The Bertz CT molecular complexity index is 5000. The monoisotopic (exact) mass is 2140 g/mol. The Morgan fingerprint density at radius 1 is 0.664 bits per heavy atom. The number of rotatable bonds is 16. The van der Waals surface area contributed by atoms with Crippen LogP contribution in [0.15, 0.2) is 195 Å². The van der Waals surface area contributed by atoms with Crippen LogP contribution in [0.25, 0.3) is 31.6 Å². The average molecular weight is 2150 g/mol. The molecule has 30 nitrogen and oxygen atoms in total. The SMILES string of the molecule is C.C.C.C.C.CC(=O)NO.COc1cccc(CO)c1S(=O)(=O)Cl.COc1cccc(CO)c1S(=O)(=O)Nc1noc2cc(Cn3cccn3)c(Br)cc12.Nc1noc2cc(Cn3cccn3)c(Br)cc12.O=CO[O-].[C-]#[N+]c1cc(Br)c(CBr)cc1F.[C-]#[N+]c1cc(Br)c(Cn2cccn2)cc1F.[Cs+].[Cs+].[H-].c1cn[nH]c1. The van der Waals surface area contributed by atoms with E-state index in [9.17, 15) is 35.5 Å². The van der Waals surface area contributed by atoms with Gasteiger partial charge in [-0.05, 0) is 107 Å². The van der Waals surface area contributed by atoms with Gasteiger partial charge in [-0.1, -0.05) is 151 Å². The number of sulfonamides is 1. The fourth-order valence-corrected chi connectivity index (χ4v) is 13.7. The summed E-state index contributed by atoms with van der Waals surface area (Å²) in [5.74, 6) is -0.721. The molecular formula is C68H77Br5ClCs2F2N15O15S2. The van der Waals surface area contributed by atoms with Crippen molar-refractivity contribution >= 4 is 167 Å². The Hall–Kier alpha value is -5.39. The number of anilines is 2. The molecule has 0 saturated heterocycles. The van der Waals surface area contributed by atoms with Crippen molar-refractivity contribution in [3.63, 3.8) is 0 Å². The summed E-state index contributed by atoms with van der Waals surface area (Å²) in [5.41, 5.74) is 12.2. The predicted octanol–water partition coefficient (Wildman–Crippen LogP) is 9.74. The first-order valence-electron chi connectivity index (χ1n) is 28.4. The number of halogens is 8. The number of amides is 1. The van der Waals surface area contributed by atoms with Crippen LogP contribution in [0.5, 0.6) is 11.5 Å². The summed E-state index contributed by atoms with van der Waals surface area (Å²) in [5, 5.41) is 62.6. The normalized spacial score (nSPS) is 9.72. The Morgan fingerprint density at radius 3 is 1.43 bits per heavy atom. The van der Waals surface area contributed by atoms with Crippen molar-refractivity contribution in [1.29, 1.82) is 0 Å². The average Bonchev–Trinajstić information content (AvgIpc) is 1.53. The molecule has 6 aromatic carbocycles. The molecule has 12 aromatic rings. The number of hydrogen-bond acceptors (Lipinski definition) is 22. The first-order chi connectivity index (χ1) is 49.2. The molecule has 6 aromatic heterocycles. The largest absolute Gasteiger partial charge is 1.00 e. The van der Waals surface area contributed by atoms with E-state index in [0.29, 0.717) is 47.3 Å². The minimum atomic E-state index is -4.11. The van der Waals surface area contributed by atoms with Crippen LogP contribution >= 0.6 is 90.3 Å². The molecule has 0 saturated carbocycles. The van der Waals surface area contributed by atoms with Gasteiger partial charge in [-0.3, -0.25) is 38.7 Å². The Kier molecular flexibility index (Phi) is 55.3. The predicted molar refractivity (Wildman–Crippen MR) is 423 cm³/mol. The smallest absolute Gasteiger partial charge is 1.00 e. The molecule has 1 amide bonds. The second-order valence-electron chi connectivity index (χ2n) is 19.6. The second-order valence-corrected chi connectivity index (χ2v) is 27.7. The summed E-state index contributed by atoms with van der Waals surface area (Å²) in [6.45, 7) is 15.3. The van der Waals surface area contributed by atoms with Crippen LogP contribution in [-0.4, -0.2) is 109 Å². The van der Waals surface area contributed by atoms with Crippen LogP contribution in [0.4, 0.5) is 31.8 Å². The van der Waals surface area contributed by atoms with Gasteiger partial charge in [-0.2, -0.15) is 20.4 Å². The number of nitrogens with zero attached hydrogens (tertiary/aromatic N) is 11. The zero-order valence-corrected chi connectivity index (χ0v) is 78.3. The number of ether oxygens (including phenoxy) is 2. The van der Waals surface area contributed by atoms with Crippen molar-refractivity contribution in [3.8, 4) is 11.5 Å². The summed E-state index contributed by atoms with van der Waals surface area (Å²) in [6.07, 6.45) is 14.1. The molecule has 12 rings (SSSR count). The standard InChI is InChI=1S/C19H17BrN4O5S.C11H7BrFN3.C11H9BrN4O.C8H4Br2FN.C8H9ClO4S.C3H4N2.C2H5NO2.CH2O3.5CH4.2Cs.H/c1-28-16-5-2-4-12(11-25)18(16)30(26,27)23-19-14-9-15(20)13(8-17(14)29-22-19)10-24-7-3-6-21-24;1-14-11-6-9(12)8(5-10(11)13)7-16-4-2-3-15-16;12-9-5-8-10(17-15-11(8)13)4-7(9)6-16-3-1-2-14-16;1-12-8-3-6(10)5(4-9)2-7(8)11;1-13-7-4-2-3-6(5-10)8(7)14(9,11)12;1-2-4-5-3-1;1-2(4)3-5;2-1-4-3;;;;;;;;/h2-9,25H,10-11H2,1H3,(H,22,23);2-6H,7H2;1-5H,6H2,(H2,13,15);2-3H,4H2;2-4,10H,5H2,1H3;1-3H,(H,4,5);5H,1H3,(H,3,4);1,3H;5*1H4;;;/q;;;;;;;;;;;;;2*+1;-1/p-1. The number of alkyl halides is 1. The molecule has 0 atom stereocenters. The van der Waals surface area contributed by atoms with Crippen molar-refractivity contribution < 1.29 is 219 Å². The van der Waals surface area contributed by atoms with E-state index in [2.05, 4.69) is 135 Å². The number of aliphatic hydroxyl groups is 2. The molecule has 584 valence electrons. The number of nitrogens with two attached hydrogens (primary N) is 1. The fraction of sp³-hybridized carbons (Fsp3) is 0.206. The van der Waals surface area contributed by atoms with Crippen LogP contribution in [0, 0.1) is 24.8 Å². The zero-order chi connectivity index (χ0) is 75.8. The van der Waals surface area contributed by atoms with Crippen LogP contribution in [0.3, 0.4) is 0 Å². The number of aromatic nitrogens is 10. The van der Waals surface area contributed by atoms with Crippen molar-refractivity contribution in [2.24, 2.45) is 0 Å². The number of hydrogen-bond donors (Lipinski definition) is 7. The van der Waals surface area contributed by atoms with Gasteiger partial charge in [-0.15, -0.1) is 0 Å². The molecular weight excluding hydrogens is 2070 g/mol. The first kappa shape index (κ1) is 109. The number of carbonyl (C=O) groups excluding carboxylic acids is 2. The maximum atomic E-state index is 13.4. The molecule has 42 heteroatoms. The molecule has 8 N–H and O–H groups in total. The van der Waals surface area contributed by atoms with E-state index in [1.54, 1.807) is 76.9 Å². The Balaban J connectivity index is -0.000000624.